The molecule has 0 N–H and O–H groups in total. The molecule has 0 bridgehead atoms. The number of carbonyl (C=O) groups excluding carboxylic acids is 1. The van der Waals surface area contributed by atoms with Gasteiger partial charge in [-0.05, 0) is 66.6 Å². The van der Waals surface area contributed by atoms with Crippen LogP contribution < -0.4 is 0 Å². The molecule has 21 heavy (non-hydrogen) atoms. The summed E-state index contributed by atoms with van der Waals surface area (Å²) in [7, 11) is 0. The van der Waals surface area contributed by atoms with Crippen LogP contribution in [0.1, 0.15) is 39.5 Å². The minimum Gasteiger partial charge on any atom is -0.290 e. The average molecular weight is 303 g/mol. The van der Waals surface area contributed by atoms with Gasteiger partial charge in [-0.25, -0.2) is 0 Å². The largest absolute Gasteiger partial charge is 0.290 e. The molecule has 0 saturated heterocycles. The van der Waals surface area contributed by atoms with Crippen LogP contribution in [0.25, 0.3) is 0 Å². The predicted octanol–water partition coefficient (Wildman–Crippen LogP) is 4.68. The van der Waals surface area contributed by atoms with Crippen LogP contribution in [0.15, 0.2) is 36.0 Å². The van der Waals surface area contributed by atoms with Gasteiger partial charge in [0, 0.05) is 5.41 Å². The minimum absolute atomic E-state index is 0.00678. The van der Waals surface area contributed by atoms with E-state index in [4.69, 9.17) is 11.6 Å². The fourth-order valence-corrected chi connectivity index (χ4v) is 6.19. The van der Waals surface area contributed by atoms with Gasteiger partial charge in [-0.2, -0.15) is 0 Å². The summed E-state index contributed by atoms with van der Waals surface area (Å²) in [6.07, 6.45) is 15.3. The van der Waals surface area contributed by atoms with Crippen molar-refractivity contribution in [1.82, 2.24) is 0 Å². The van der Waals surface area contributed by atoms with E-state index < -0.39 is 0 Å². The van der Waals surface area contributed by atoms with Gasteiger partial charge in [0.05, 0.1) is 5.38 Å². The summed E-state index contributed by atoms with van der Waals surface area (Å²) in [5.41, 5.74) is 1.55. The number of alkyl halides is 1. The predicted molar refractivity (Wildman–Crippen MR) is 86.2 cm³/mol. The molecule has 1 nitrogen and oxygen atoms in total. The summed E-state index contributed by atoms with van der Waals surface area (Å²) < 4.78 is 0. The number of hydrogen-bond donors (Lipinski definition) is 0. The number of rotatable bonds is 0. The third-order valence-corrected chi connectivity index (χ3v) is 7.28. The van der Waals surface area contributed by atoms with E-state index in [1.807, 2.05) is 6.08 Å². The molecule has 2 heteroatoms. The van der Waals surface area contributed by atoms with Gasteiger partial charge in [0.1, 0.15) is 0 Å². The Morgan fingerprint density at radius 2 is 2.05 bits per heavy atom. The normalized spacial score (nSPS) is 51.2. The molecule has 0 aromatic heterocycles. The Labute approximate surface area is 132 Å². The van der Waals surface area contributed by atoms with Crippen LogP contribution in [0.4, 0.5) is 0 Å². The maximum absolute atomic E-state index is 11.8. The van der Waals surface area contributed by atoms with E-state index in [0.29, 0.717) is 17.3 Å². The molecule has 0 aromatic rings. The Balaban J connectivity index is 1.76. The lowest BCUT2D eigenvalue weighted by molar-refractivity contribution is -0.111. The Bertz CT molecular complexity index is 586. The summed E-state index contributed by atoms with van der Waals surface area (Å²) in [6, 6.07) is 0. The van der Waals surface area contributed by atoms with Gasteiger partial charge in [-0.1, -0.05) is 32.1 Å². The van der Waals surface area contributed by atoms with E-state index in [2.05, 4.69) is 32.1 Å². The second-order valence-corrected chi connectivity index (χ2v) is 8.41. The van der Waals surface area contributed by atoms with Gasteiger partial charge < -0.3 is 0 Å². The molecule has 4 aliphatic carbocycles. The van der Waals surface area contributed by atoms with Gasteiger partial charge in [0.2, 0.25) is 0 Å². The number of halogens is 1. The molecule has 112 valence electrons. The van der Waals surface area contributed by atoms with Crippen molar-refractivity contribution in [2.75, 3.05) is 0 Å². The Morgan fingerprint density at radius 3 is 2.86 bits per heavy atom. The molecule has 2 fully saturated rings. The third kappa shape index (κ3) is 1.79. The average Bonchev–Trinajstić information content (AvgIpc) is 2.83. The molecule has 2 saturated carbocycles. The number of carbonyl (C=O) groups is 1. The Hall–Kier alpha value is -0.820. The summed E-state index contributed by atoms with van der Waals surface area (Å²) >= 11 is 6.73. The molecule has 6 atom stereocenters. The van der Waals surface area contributed by atoms with Gasteiger partial charge in [-0.15, -0.1) is 11.6 Å². The van der Waals surface area contributed by atoms with Crippen LogP contribution in [0.3, 0.4) is 0 Å². The van der Waals surface area contributed by atoms with Gasteiger partial charge in [0.25, 0.3) is 0 Å². The molecule has 4 aliphatic rings. The van der Waals surface area contributed by atoms with Crippen LogP contribution >= 0.6 is 11.6 Å². The van der Waals surface area contributed by atoms with Crippen molar-refractivity contribution >= 4 is 17.4 Å². The van der Waals surface area contributed by atoms with Gasteiger partial charge in [0.15, 0.2) is 5.78 Å². The van der Waals surface area contributed by atoms with E-state index in [9.17, 15) is 4.79 Å². The number of allylic oxidation sites excluding steroid dienone is 6. The zero-order valence-electron chi connectivity index (χ0n) is 12.8. The van der Waals surface area contributed by atoms with Crippen LogP contribution in [-0.4, -0.2) is 11.2 Å². The van der Waals surface area contributed by atoms with Crippen LogP contribution in [0, 0.1) is 28.6 Å². The molecule has 3 unspecified atom stereocenters. The molecule has 0 aromatic carbocycles. The maximum Gasteiger partial charge on any atom is 0.178 e. The lowest BCUT2D eigenvalue weighted by Crippen LogP contribution is -2.51. The number of fused-ring (bicyclic) bond motifs is 5. The molecular weight excluding hydrogens is 280 g/mol. The fraction of sp³-hybridized carbons (Fsp3) is 0.632. The maximum atomic E-state index is 11.8. The first-order valence-electron chi connectivity index (χ1n) is 8.21. The first-order chi connectivity index (χ1) is 9.94. The topological polar surface area (TPSA) is 17.1 Å². The van der Waals surface area contributed by atoms with Crippen molar-refractivity contribution in [2.24, 2.45) is 28.6 Å². The Kier molecular flexibility index (Phi) is 2.86. The fourth-order valence-electron chi connectivity index (χ4n) is 5.68. The third-order valence-electron chi connectivity index (χ3n) is 6.86. The quantitative estimate of drug-likeness (QED) is 0.469. The second kappa shape index (κ2) is 4.35. The molecule has 0 aliphatic heterocycles. The first-order valence-corrected chi connectivity index (χ1v) is 8.65. The summed E-state index contributed by atoms with van der Waals surface area (Å²) in [4.78, 5) is 11.8. The lowest BCUT2D eigenvalue weighted by Gasteiger charge is -2.57. The van der Waals surface area contributed by atoms with Crippen LogP contribution in [0.5, 0.6) is 0 Å². The van der Waals surface area contributed by atoms with Crippen molar-refractivity contribution in [3.63, 3.8) is 0 Å². The van der Waals surface area contributed by atoms with Gasteiger partial charge >= 0.3 is 0 Å². The van der Waals surface area contributed by atoms with E-state index >= 15 is 0 Å². The van der Waals surface area contributed by atoms with Gasteiger partial charge in [-0.3, -0.25) is 4.79 Å². The number of hydrogen-bond acceptors (Lipinski definition) is 1. The van der Waals surface area contributed by atoms with Crippen LogP contribution in [0.2, 0.25) is 0 Å². The number of ketones is 1. The SMILES string of the molecule is C[C@@]12C=CCC1C1C[C@@H](Cl)C3=CC(=O)C=C[C@]3(C)C1CC2. The molecule has 4 rings (SSSR count). The highest BCUT2D eigenvalue weighted by atomic mass is 35.5. The smallest absolute Gasteiger partial charge is 0.178 e. The van der Waals surface area contributed by atoms with Crippen molar-refractivity contribution < 1.29 is 4.79 Å². The standard InChI is InChI=1S/C19H23ClO/c1-18-7-3-4-14(18)13-11-17(20)16-10-12(21)5-9-19(16,2)15(13)6-8-18/h3,5,7,9-10,13-15,17H,4,6,8,11H2,1-2H3/t13?,14?,15?,17-,18+,19-/m1/s1. The summed E-state index contributed by atoms with van der Waals surface area (Å²) in [6.45, 7) is 4.73. The Morgan fingerprint density at radius 1 is 1.24 bits per heavy atom. The minimum atomic E-state index is -0.00678. The highest BCUT2D eigenvalue weighted by Crippen LogP contribution is 2.63. The van der Waals surface area contributed by atoms with Crippen molar-refractivity contribution in [2.45, 2.75) is 44.9 Å². The second-order valence-electron chi connectivity index (χ2n) is 7.88. The monoisotopic (exact) mass is 302 g/mol. The van der Waals surface area contributed by atoms with Crippen LogP contribution in [-0.2, 0) is 4.79 Å². The molecule has 0 heterocycles. The van der Waals surface area contributed by atoms with E-state index in [1.54, 1.807) is 6.08 Å². The van der Waals surface area contributed by atoms with E-state index in [-0.39, 0.29) is 16.6 Å². The highest BCUT2D eigenvalue weighted by molar-refractivity contribution is 6.23. The molecule has 0 amide bonds. The summed E-state index contributed by atoms with van der Waals surface area (Å²) in [5, 5.41) is 0.0214. The lowest BCUT2D eigenvalue weighted by atomic mass is 9.48. The zero-order chi connectivity index (χ0) is 14.8. The van der Waals surface area contributed by atoms with E-state index in [0.717, 1.165) is 12.3 Å². The first kappa shape index (κ1) is 13.8. The molecule has 0 radical (unpaired) electrons. The van der Waals surface area contributed by atoms with Crippen molar-refractivity contribution in [1.29, 1.82) is 0 Å². The highest BCUT2D eigenvalue weighted by Gasteiger charge is 2.56. The molecular formula is C19H23ClO. The summed E-state index contributed by atoms with van der Waals surface area (Å²) in [5.74, 6) is 2.17. The van der Waals surface area contributed by atoms with Crippen molar-refractivity contribution in [3.05, 3.63) is 36.0 Å². The molecule has 0 spiro atoms. The zero-order valence-corrected chi connectivity index (χ0v) is 13.6. The van der Waals surface area contributed by atoms with Crippen molar-refractivity contribution in [3.8, 4) is 0 Å². The van der Waals surface area contributed by atoms with E-state index in [1.165, 1.54) is 24.8 Å².